The lowest BCUT2D eigenvalue weighted by Crippen LogP contribution is -2.41. The van der Waals surface area contributed by atoms with Crippen molar-refractivity contribution in [3.63, 3.8) is 0 Å². The van der Waals surface area contributed by atoms with Crippen molar-refractivity contribution in [1.82, 2.24) is 4.90 Å². The summed E-state index contributed by atoms with van der Waals surface area (Å²) in [6, 6.07) is 19.1. The number of hydrogen-bond donors (Lipinski definition) is 2. The SMILES string of the molecule is O=C1CN(C(=O)Nc2ccc(Cl)c(Cl)c2)C(c2ccccc2)c2cc(Br)ccc2N1. The van der Waals surface area contributed by atoms with Crippen LogP contribution in [0.1, 0.15) is 17.2 Å². The van der Waals surface area contributed by atoms with Crippen LogP contribution in [0.15, 0.2) is 71.2 Å². The van der Waals surface area contributed by atoms with Gasteiger partial charge in [-0.3, -0.25) is 4.79 Å². The topological polar surface area (TPSA) is 61.4 Å². The number of nitrogens with zero attached hydrogens (tertiary/aromatic N) is 1. The number of fused-ring (bicyclic) bond motifs is 1. The second-order valence-electron chi connectivity index (χ2n) is 6.78. The number of urea groups is 1. The van der Waals surface area contributed by atoms with Crippen molar-refractivity contribution in [1.29, 1.82) is 0 Å². The van der Waals surface area contributed by atoms with E-state index < -0.39 is 12.1 Å². The normalized spacial score (nSPS) is 15.8. The zero-order chi connectivity index (χ0) is 21.3. The minimum absolute atomic E-state index is 0.112. The van der Waals surface area contributed by atoms with Gasteiger partial charge in [-0.2, -0.15) is 0 Å². The quantitative estimate of drug-likeness (QED) is 0.428. The highest BCUT2D eigenvalue weighted by atomic mass is 79.9. The molecule has 3 aromatic rings. The van der Waals surface area contributed by atoms with Gasteiger partial charge in [-0.15, -0.1) is 0 Å². The van der Waals surface area contributed by atoms with E-state index >= 15 is 0 Å². The van der Waals surface area contributed by atoms with Crippen molar-refractivity contribution in [2.75, 3.05) is 17.2 Å². The number of amides is 3. The van der Waals surface area contributed by atoms with Gasteiger partial charge in [0.2, 0.25) is 5.91 Å². The highest BCUT2D eigenvalue weighted by Crippen LogP contribution is 2.37. The van der Waals surface area contributed by atoms with Gasteiger partial charge in [0.1, 0.15) is 6.54 Å². The smallest absolute Gasteiger partial charge is 0.323 e. The van der Waals surface area contributed by atoms with Crippen molar-refractivity contribution >= 4 is 62.4 Å². The van der Waals surface area contributed by atoms with Gasteiger partial charge in [-0.1, -0.05) is 69.5 Å². The van der Waals surface area contributed by atoms with E-state index in [1.165, 1.54) is 4.90 Å². The van der Waals surface area contributed by atoms with Gasteiger partial charge in [0.25, 0.3) is 0 Å². The lowest BCUT2D eigenvalue weighted by atomic mass is 9.96. The van der Waals surface area contributed by atoms with Gasteiger partial charge < -0.3 is 15.5 Å². The summed E-state index contributed by atoms with van der Waals surface area (Å²) in [7, 11) is 0. The van der Waals surface area contributed by atoms with E-state index in [1.54, 1.807) is 18.2 Å². The van der Waals surface area contributed by atoms with Crippen molar-refractivity contribution in [2.24, 2.45) is 0 Å². The Hall–Kier alpha value is -2.54. The largest absolute Gasteiger partial charge is 0.324 e. The van der Waals surface area contributed by atoms with Gasteiger partial charge in [-0.05, 0) is 42.0 Å². The summed E-state index contributed by atoms with van der Waals surface area (Å²) >= 11 is 15.5. The Kier molecular flexibility index (Phi) is 5.99. The zero-order valence-electron chi connectivity index (χ0n) is 15.5. The maximum atomic E-state index is 13.3. The van der Waals surface area contributed by atoms with E-state index in [0.29, 0.717) is 21.4 Å². The molecule has 1 atom stereocenters. The van der Waals surface area contributed by atoms with Crippen LogP contribution in [-0.2, 0) is 4.79 Å². The first-order valence-electron chi connectivity index (χ1n) is 9.09. The van der Waals surface area contributed by atoms with Crippen LogP contribution < -0.4 is 10.6 Å². The summed E-state index contributed by atoms with van der Waals surface area (Å²) in [5, 5.41) is 6.44. The molecule has 1 aliphatic rings. The van der Waals surface area contributed by atoms with Crippen molar-refractivity contribution in [3.05, 3.63) is 92.4 Å². The van der Waals surface area contributed by atoms with Crippen molar-refractivity contribution in [3.8, 4) is 0 Å². The van der Waals surface area contributed by atoms with E-state index in [-0.39, 0.29) is 12.5 Å². The summed E-state index contributed by atoms with van der Waals surface area (Å²) in [5.41, 5.74) is 2.85. The average Bonchev–Trinajstić information content (AvgIpc) is 2.87. The molecule has 5 nitrogen and oxygen atoms in total. The molecule has 4 rings (SSSR count). The predicted molar refractivity (Wildman–Crippen MR) is 123 cm³/mol. The molecule has 0 fully saturated rings. The molecular formula is C22H16BrCl2N3O2. The molecule has 0 bridgehead atoms. The van der Waals surface area contributed by atoms with Gasteiger partial charge in [0.05, 0.1) is 16.1 Å². The molecule has 0 aromatic heterocycles. The Morgan fingerprint density at radius 3 is 2.53 bits per heavy atom. The summed E-state index contributed by atoms with van der Waals surface area (Å²) in [4.78, 5) is 27.4. The van der Waals surface area contributed by atoms with E-state index in [9.17, 15) is 9.59 Å². The second kappa shape index (κ2) is 8.68. The van der Waals surface area contributed by atoms with Crippen molar-refractivity contribution in [2.45, 2.75) is 6.04 Å². The Labute approximate surface area is 192 Å². The fourth-order valence-electron chi connectivity index (χ4n) is 3.43. The number of rotatable bonds is 2. The van der Waals surface area contributed by atoms with Gasteiger partial charge >= 0.3 is 6.03 Å². The number of carbonyl (C=O) groups is 2. The molecule has 3 aromatic carbocycles. The van der Waals surface area contributed by atoms with Crippen LogP contribution in [0.5, 0.6) is 0 Å². The fraction of sp³-hybridized carbons (Fsp3) is 0.0909. The third kappa shape index (κ3) is 4.31. The second-order valence-corrected chi connectivity index (χ2v) is 8.51. The Bertz CT molecular complexity index is 1120. The highest BCUT2D eigenvalue weighted by molar-refractivity contribution is 9.10. The minimum Gasteiger partial charge on any atom is -0.324 e. The summed E-state index contributed by atoms with van der Waals surface area (Å²) in [6.07, 6.45) is 0. The first-order chi connectivity index (χ1) is 14.4. The van der Waals surface area contributed by atoms with Crippen LogP contribution in [0, 0.1) is 0 Å². The minimum atomic E-state index is -0.472. The van der Waals surface area contributed by atoms with E-state index in [1.807, 2.05) is 48.5 Å². The number of hydrogen-bond acceptors (Lipinski definition) is 2. The summed E-state index contributed by atoms with van der Waals surface area (Å²) in [5.74, 6) is -0.277. The molecule has 0 saturated heterocycles. The number of nitrogens with one attached hydrogen (secondary N) is 2. The average molecular weight is 505 g/mol. The Balaban J connectivity index is 1.78. The lowest BCUT2D eigenvalue weighted by Gasteiger charge is -2.30. The van der Waals surface area contributed by atoms with Crippen LogP contribution in [0.4, 0.5) is 16.2 Å². The van der Waals surface area contributed by atoms with Gasteiger partial charge in [0, 0.05) is 21.4 Å². The van der Waals surface area contributed by atoms with Gasteiger partial charge in [0.15, 0.2) is 0 Å². The molecule has 0 radical (unpaired) electrons. The molecule has 3 amide bonds. The standard InChI is InChI=1S/C22H16BrCl2N3O2/c23-14-6-9-19-16(10-14)21(13-4-2-1-3-5-13)28(12-20(29)27-19)22(30)26-15-7-8-17(24)18(25)11-15/h1-11,21H,12H2,(H,26,30)(H,27,29). The zero-order valence-corrected chi connectivity index (χ0v) is 18.6. The third-order valence-electron chi connectivity index (χ3n) is 4.75. The van der Waals surface area contributed by atoms with Crippen LogP contribution >= 0.6 is 39.1 Å². The monoisotopic (exact) mass is 503 g/mol. The summed E-state index contributed by atoms with van der Waals surface area (Å²) in [6.45, 7) is -0.112. The van der Waals surface area contributed by atoms with E-state index in [4.69, 9.17) is 23.2 Å². The first kappa shape index (κ1) is 20.7. The molecular weight excluding hydrogens is 489 g/mol. The van der Waals surface area contributed by atoms with Crippen LogP contribution in [-0.4, -0.2) is 23.4 Å². The number of benzene rings is 3. The van der Waals surface area contributed by atoms with E-state index in [2.05, 4.69) is 26.6 Å². The molecule has 1 aliphatic heterocycles. The highest BCUT2D eigenvalue weighted by Gasteiger charge is 2.33. The molecule has 8 heteroatoms. The molecule has 1 heterocycles. The van der Waals surface area contributed by atoms with E-state index in [0.717, 1.165) is 15.6 Å². The molecule has 152 valence electrons. The molecule has 30 heavy (non-hydrogen) atoms. The molecule has 0 aliphatic carbocycles. The van der Waals surface area contributed by atoms with Crippen LogP contribution in [0.3, 0.4) is 0 Å². The molecule has 0 spiro atoms. The van der Waals surface area contributed by atoms with Crippen LogP contribution in [0.25, 0.3) is 0 Å². The number of anilines is 2. The number of carbonyl (C=O) groups excluding carboxylic acids is 2. The lowest BCUT2D eigenvalue weighted by molar-refractivity contribution is -0.116. The molecule has 2 N–H and O–H groups in total. The Morgan fingerprint density at radius 2 is 1.80 bits per heavy atom. The maximum Gasteiger partial charge on any atom is 0.323 e. The maximum absolute atomic E-state index is 13.3. The Morgan fingerprint density at radius 1 is 1.03 bits per heavy atom. The fourth-order valence-corrected chi connectivity index (χ4v) is 4.11. The number of halogens is 3. The predicted octanol–water partition coefficient (Wildman–Crippen LogP) is 6.33. The van der Waals surface area contributed by atoms with Gasteiger partial charge in [-0.25, -0.2) is 4.79 Å². The molecule has 0 saturated carbocycles. The first-order valence-corrected chi connectivity index (χ1v) is 10.6. The summed E-state index contributed by atoms with van der Waals surface area (Å²) < 4.78 is 0.850. The molecule has 1 unspecified atom stereocenters. The third-order valence-corrected chi connectivity index (χ3v) is 5.99. The van der Waals surface area contributed by atoms with Crippen molar-refractivity contribution < 1.29 is 9.59 Å². The van der Waals surface area contributed by atoms with Crippen LogP contribution in [0.2, 0.25) is 10.0 Å².